The molecule has 1 aromatic rings. The molecule has 0 heterocycles. The molecule has 0 spiro atoms. The normalized spacial score (nSPS) is 16.5. The molecule has 0 amide bonds. The van der Waals surface area contributed by atoms with Crippen molar-refractivity contribution in [1.82, 2.24) is 0 Å². The van der Waals surface area contributed by atoms with Gasteiger partial charge in [-0.25, -0.2) is 0 Å². The molecule has 0 atom stereocenters. The third kappa shape index (κ3) is 2.75. The van der Waals surface area contributed by atoms with Gasteiger partial charge in [-0.1, -0.05) is 41.1 Å². The van der Waals surface area contributed by atoms with Crippen molar-refractivity contribution in [3.63, 3.8) is 0 Å². The molecule has 1 aliphatic carbocycles. The van der Waals surface area contributed by atoms with Crippen molar-refractivity contribution in [2.75, 3.05) is 0 Å². The van der Waals surface area contributed by atoms with E-state index >= 15 is 0 Å². The summed E-state index contributed by atoms with van der Waals surface area (Å²) >= 11 is 1.88. The molecule has 2 rings (SSSR count). The van der Waals surface area contributed by atoms with Gasteiger partial charge in [0.25, 0.3) is 0 Å². The fourth-order valence-corrected chi connectivity index (χ4v) is 2.74. The number of benzene rings is 1. The maximum Gasteiger partial charge on any atom is 0.0122 e. The Labute approximate surface area is 96.1 Å². The summed E-state index contributed by atoms with van der Waals surface area (Å²) in [5.41, 5.74) is 3.02. The van der Waals surface area contributed by atoms with Crippen LogP contribution in [0.15, 0.2) is 57.4 Å². The smallest absolute Gasteiger partial charge is 0.0122 e. The third-order valence-electron chi connectivity index (χ3n) is 2.66. The van der Waals surface area contributed by atoms with Gasteiger partial charge in [0.05, 0.1) is 0 Å². The lowest BCUT2D eigenvalue weighted by Gasteiger charge is -2.15. The summed E-state index contributed by atoms with van der Waals surface area (Å²) in [6.45, 7) is 4.46. The number of hydrogen-bond acceptors (Lipinski definition) is 1. The van der Waals surface area contributed by atoms with E-state index in [1.54, 1.807) is 0 Å². The van der Waals surface area contributed by atoms with Crippen LogP contribution < -0.4 is 0 Å². The summed E-state index contributed by atoms with van der Waals surface area (Å²) in [7, 11) is 0. The second kappa shape index (κ2) is 4.71. The lowest BCUT2D eigenvalue weighted by Crippen LogP contribution is -1.92. The Kier molecular flexibility index (Phi) is 3.32. The molecule has 1 aromatic carbocycles. The summed E-state index contributed by atoms with van der Waals surface area (Å²) in [6.07, 6.45) is 4.78. The molecular formula is C14H16S. The Morgan fingerprint density at radius 1 is 1.00 bits per heavy atom. The molecule has 1 heteroatoms. The third-order valence-corrected chi connectivity index (χ3v) is 3.86. The van der Waals surface area contributed by atoms with Gasteiger partial charge in [0.1, 0.15) is 0 Å². The van der Waals surface area contributed by atoms with Crippen molar-refractivity contribution in [2.24, 2.45) is 0 Å². The van der Waals surface area contributed by atoms with E-state index in [9.17, 15) is 0 Å². The maximum absolute atomic E-state index is 2.33. The second-order valence-electron chi connectivity index (χ2n) is 4.05. The van der Waals surface area contributed by atoms with Crippen molar-refractivity contribution in [3.8, 4) is 0 Å². The van der Waals surface area contributed by atoms with Gasteiger partial charge in [0, 0.05) is 9.80 Å². The van der Waals surface area contributed by atoms with E-state index in [4.69, 9.17) is 0 Å². The van der Waals surface area contributed by atoms with Gasteiger partial charge in [-0.2, -0.15) is 0 Å². The fraction of sp³-hybridized carbons (Fsp3) is 0.286. The van der Waals surface area contributed by atoms with Gasteiger partial charge in [-0.05, 0) is 44.9 Å². The Bertz CT molecular complexity index is 399. The molecule has 0 aliphatic heterocycles. The maximum atomic E-state index is 2.33. The van der Waals surface area contributed by atoms with Gasteiger partial charge >= 0.3 is 0 Å². The summed E-state index contributed by atoms with van der Waals surface area (Å²) < 4.78 is 0. The van der Waals surface area contributed by atoms with Crippen molar-refractivity contribution in [3.05, 3.63) is 52.5 Å². The van der Waals surface area contributed by atoms with Crippen molar-refractivity contribution in [2.45, 2.75) is 31.6 Å². The van der Waals surface area contributed by atoms with E-state index in [2.05, 4.69) is 50.3 Å². The fourth-order valence-electron chi connectivity index (χ4n) is 1.66. The molecule has 78 valence electrons. The van der Waals surface area contributed by atoms with Gasteiger partial charge in [0.15, 0.2) is 0 Å². The minimum Gasteiger partial charge on any atom is -0.0902 e. The van der Waals surface area contributed by atoms with E-state index in [1.807, 2.05) is 11.8 Å². The van der Waals surface area contributed by atoms with Crippen LogP contribution in [0.1, 0.15) is 26.7 Å². The topological polar surface area (TPSA) is 0 Å². The Morgan fingerprint density at radius 2 is 1.73 bits per heavy atom. The highest BCUT2D eigenvalue weighted by molar-refractivity contribution is 8.03. The van der Waals surface area contributed by atoms with Crippen LogP contribution in [0.4, 0.5) is 0 Å². The number of rotatable bonds is 2. The van der Waals surface area contributed by atoms with Crippen molar-refractivity contribution >= 4 is 11.8 Å². The van der Waals surface area contributed by atoms with Crippen LogP contribution >= 0.6 is 11.8 Å². The SMILES string of the molecule is CC1=CC(Sc2ccccc2)=C(C)CC1. The molecule has 0 saturated carbocycles. The zero-order valence-electron chi connectivity index (χ0n) is 9.29. The largest absolute Gasteiger partial charge is 0.0902 e. The van der Waals surface area contributed by atoms with E-state index in [1.165, 1.54) is 33.8 Å². The number of thioether (sulfide) groups is 1. The van der Waals surface area contributed by atoms with E-state index in [0.717, 1.165) is 0 Å². The summed E-state index contributed by atoms with van der Waals surface area (Å²) in [4.78, 5) is 2.77. The molecule has 0 saturated heterocycles. The minimum atomic E-state index is 1.22. The lowest BCUT2D eigenvalue weighted by atomic mass is 10.0. The second-order valence-corrected chi connectivity index (χ2v) is 5.17. The molecule has 0 fully saturated rings. The quantitative estimate of drug-likeness (QED) is 0.684. The van der Waals surface area contributed by atoms with Crippen LogP contribution in [0.3, 0.4) is 0 Å². The highest BCUT2D eigenvalue weighted by Gasteiger charge is 2.08. The summed E-state index contributed by atoms with van der Waals surface area (Å²) in [6, 6.07) is 10.6. The molecule has 0 N–H and O–H groups in total. The zero-order valence-corrected chi connectivity index (χ0v) is 10.1. The van der Waals surface area contributed by atoms with Gasteiger partial charge in [-0.3, -0.25) is 0 Å². The van der Waals surface area contributed by atoms with Crippen molar-refractivity contribution < 1.29 is 0 Å². The van der Waals surface area contributed by atoms with Crippen LogP contribution in [0, 0.1) is 0 Å². The highest BCUT2D eigenvalue weighted by Crippen LogP contribution is 2.35. The van der Waals surface area contributed by atoms with Crippen molar-refractivity contribution in [1.29, 1.82) is 0 Å². The van der Waals surface area contributed by atoms with E-state index in [-0.39, 0.29) is 0 Å². The molecule has 0 radical (unpaired) electrons. The average molecular weight is 216 g/mol. The Balaban J connectivity index is 2.19. The predicted molar refractivity (Wildman–Crippen MR) is 68.0 cm³/mol. The summed E-state index contributed by atoms with van der Waals surface area (Å²) in [5.74, 6) is 0. The van der Waals surface area contributed by atoms with Gasteiger partial charge < -0.3 is 0 Å². The van der Waals surface area contributed by atoms with E-state index in [0.29, 0.717) is 0 Å². The number of allylic oxidation sites excluding steroid dienone is 3. The molecule has 0 bridgehead atoms. The Hall–Kier alpha value is -0.950. The van der Waals surface area contributed by atoms with Crippen LogP contribution in [0.2, 0.25) is 0 Å². The van der Waals surface area contributed by atoms with Crippen LogP contribution in [0.25, 0.3) is 0 Å². The molecule has 0 nitrogen and oxygen atoms in total. The number of hydrogen-bond donors (Lipinski definition) is 0. The van der Waals surface area contributed by atoms with E-state index < -0.39 is 0 Å². The first-order valence-corrected chi connectivity index (χ1v) is 6.17. The van der Waals surface area contributed by atoms with Crippen LogP contribution in [-0.2, 0) is 0 Å². The molecule has 0 aromatic heterocycles. The molecule has 1 aliphatic rings. The van der Waals surface area contributed by atoms with Gasteiger partial charge in [0.2, 0.25) is 0 Å². The predicted octanol–water partition coefficient (Wildman–Crippen LogP) is 4.79. The monoisotopic (exact) mass is 216 g/mol. The average Bonchev–Trinajstić information content (AvgIpc) is 2.25. The first-order valence-electron chi connectivity index (χ1n) is 5.35. The van der Waals surface area contributed by atoms with Crippen LogP contribution in [0.5, 0.6) is 0 Å². The molecule has 15 heavy (non-hydrogen) atoms. The molecule has 0 unspecified atom stereocenters. The lowest BCUT2D eigenvalue weighted by molar-refractivity contribution is 0.902. The first-order chi connectivity index (χ1) is 7.25. The standard InChI is InChI=1S/C14H16S/c1-11-8-9-12(2)14(10-11)15-13-6-4-3-5-7-13/h3-7,10H,8-9H2,1-2H3. The molecular weight excluding hydrogens is 200 g/mol. The zero-order chi connectivity index (χ0) is 10.7. The Morgan fingerprint density at radius 3 is 2.47 bits per heavy atom. The van der Waals surface area contributed by atoms with Crippen LogP contribution in [-0.4, -0.2) is 0 Å². The minimum absolute atomic E-state index is 1.22. The summed E-state index contributed by atoms with van der Waals surface area (Å²) in [5, 5.41) is 0. The van der Waals surface area contributed by atoms with Gasteiger partial charge in [-0.15, -0.1) is 0 Å². The first kappa shape index (κ1) is 10.6. The highest BCUT2D eigenvalue weighted by atomic mass is 32.2.